The van der Waals surface area contributed by atoms with Gasteiger partial charge in [0.05, 0.1) is 14.2 Å². The predicted molar refractivity (Wildman–Crippen MR) is 69.7 cm³/mol. The van der Waals surface area contributed by atoms with Gasteiger partial charge in [-0.15, -0.1) is 0 Å². The third kappa shape index (κ3) is 3.97. The lowest BCUT2D eigenvalue weighted by Crippen LogP contribution is -1.96. The smallest absolute Gasteiger partial charge is 0.330 e. The molecule has 4 heteroatoms. The van der Waals surface area contributed by atoms with Crippen molar-refractivity contribution in [3.05, 3.63) is 42.5 Å². The van der Waals surface area contributed by atoms with Gasteiger partial charge < -0.3 is 14.2 Å². The minimum atomic E-state index is -0.402. The minimum Gasteiger partial charge on any atom is -0.493 e. The van der Waals surface area contributed by atoms with E-state index in [1.54, 1.807) is 31.4 Å². The molecule has 0 bridgehead atoms. The van der Waals surface area contributed by atoms with E-state index < -0.39 is 5.97 Å². The van der Waals surface area contributed by atoms with Gasteiger partial charge in [-0.25, -0.2) is 4.79 Å². The molecular formula is C14H16O4. The summed E-state index contributed by atoms with van der Waals surface area (Å²) in [6.07, 6.45) is 4.65. The fraction of sp³-hybridized carbons (Fsp3) is 0.214. The third-order valence-electron chi connectivity index (χ3n) is 2.16. The average Bonchev–Trinajstić information content (AvgIpc) is 2.42. The molecule has 0 spiro atoms. The molecule has 0 amide bonds. The van der Waals surface area contributed by atoms with E-state index >= 15 is 0 Å². The van der Waals surface area contributed by atoms with E-state index in [2.05, 4.69) is 11.3 Å². The second-order valence-electron chi connectivity index (χ2n) is 3.37. The summed E-state index contributed by atoms with van der Waals surface area (Å²) < 4.78 is 15.1. The topological polar surface area (TPSA) is 44.8 Å². The zero-order chi connectivity index (χ0) is 13.4. The predicted octanol–water partition coefficient (Wildman–Crippen LogP) is 2.45. The van der Waals surface area contributed by atoms with Crippen molar-refractivity contribution in [1.29, 1.82) is 0 Å². The van der Waals surface area contributed by atoms with Crippen molar-refractivity contribution in [1.82, 2.24) is 0 Å². The quantitative estimate of drug-likeness (QED) is 0.440. The number of carbonyl (C=O) groups excluding carboxylic acids is 1. The minimum absolute atomic E-state index is 0.402. The van der Waals surface area contributed by atoms with Crippen LogP contribution in [0.3, 0.4) is 0 Å². The van der Waals surface area contributed by atoms with E-state index in [0.717, 1.165) is 5.56 Å². The van der Waals surface area contributed by atoms with E-state index in [0.29, 0.717) is 18.1 Å². The van der Waals surface area contributed by atoms with Gasteiger partial charge in [0.1, 0.15) is 6.61 Å². The third-order valence-corrected chi connectivity index (χ3v) is 2.16. The van der Waals surface area contributed by atoms with Crippen LogP contribution >= 0.6 is 0 Å². The molecule has 4 nitrogen and oxygen atoms in total. The van der Waals surface area contributed by atoms with Gasteiger partial charge in [-0.2, -0.15) is 0 Å². The van der Waals surface area contributed by atoms with Gasteiger partial charge in [0.25, 0.3) is 0 Å². The molecule has 0 saturated heterocycles. The van der Waals surface area contributed by atoms with Crippen LogP contribution in [0.25, 0.3) is 6.08 Å². The molecule has 0 aliphatic heterocycles. The van der Waals surface area contributed by atoms with E-state index in [9.17, 15) is 4.79 Å². The Hall–Kier alpha value is -2.23. The number of hydrogen-bond donors (Lipinski definition) is 0. The van der Waals surface area contributed by atoms with Crippen LogP contribution in [0.15, 0.2) is 36.9 Å². The molecule has 0 radical (unpaired) electrons. The molecule has 0 atom stereocenters. The molecule has 0 heterocycles. The van der Waals surface area contributed by atoms with Crippen molar-refractivity contribution in [2.45, 2.75) is 0 Å². The maximum Gasteiger partial charge on any atom is 0.330 e. The monoisotopic (exact) mass is 248 g/mol. The van der Waals surface area contributed by atoms with Gasteiger partial charge in [-0.05, 0) is 23.8 Å². The fourth-order valence-electron chi connectivity index (χ4n) is 1.29. The van der Waals surface area contributed by atoms with Crippen LogP contribution in [-0.2, 0) is 9.53 Å². The van der Waals surface area contributed by atoms with Crippen LogP contribution < -0.4 is 9.47 Å². The Bertz CT molecular complexity index is 449. The Balaban J connectivity index is 2.87. The number of esters is 1. The summed E-state index contributed by atoms with van der Waals surface area (Å²) in [5.74, 6) is 0.831. The Morgan fingerprint density at radius 1 is 1.33 bits per heavy atom. The molecule has 1 aromatic rings. The number of methoxy groups -OCH3 is 2. The Kier molecular flexibility index (Phi) is 5.51. The van der Waals surface area contributed by atoms with Gasteiger partial charge in [0.15, 0.2) is 11.5 Å². The van der Waals surface area contributed by atoms with Crippen molar-refractivity contribution in [3.8, 4) is 11.5 Å². The van der Waals surface area contributed by atoms with Crippen LogP contribution in [0.5, 0.6) is 11.5 Å². The van der Waals surface area contributed by atoms with Crippen LogP contribution in [0.2, 0.25) is 0 Å². The summed E-state index contributed by atoms with van der Waals surface area (Å²) in [6, 6.07) is 5.37. The Labute approximate surface area is 106 Å². The highest BCUT2D eigenvalue weighted by molar-refractivity contribution is 5.87. The zero-order valence-corrected chi connectivity index (χ0v) is 10.5. The van der Waals surface area contributed by atoms with Crippen molar-refractivity contribution in [2.24, 2.45) is 0 Å². The van der Waals surface area contributed by atoms with Gasteiger partial charge >= 0.3 is 5.97 Å². The molecule has 18 heavy (non-hydrogen) atoms. The number of carbonyl (C=O) groups is 1. The maximum absolute atomic E-state index is 11.0. The maximum atomic E-state index is 11.0. The molecule has 0 unspecified atom stereocenters. The lowest BCUT2D eigenvalue weighted by atomic mass is 10.2. The average molecular weight is 248 g/mol. The summed E-state index contributed by atoms with van der Waals surface area (Å²) in [5, 5.41) is 0. The summed E-state index contributed by atoms with van der Waals surface area (Å²) >= 11 is 0. The van der Waals surface area contributed by atoms with Crippen molar-refractivity contribution < 1.29 is 19.0 Å². The standard InChI is InChI=1S/C14H16O4/c1-4-9-18-12-7-5-11(10-13(12)16-2)6-8-14(15)17-3/h4-8,10H,1,9H2,2-3H3. The van der Waals surface area contributed by atoms with E-state index in [1.165, 1.54) is 13.2 Å². The fourth-order valence-corrected chi connectivity index (χ4v) is 1.29. The first-order valence-corrected chi connectivity index (χ1v) is 5.39. The number of ether oxygens (including phenoxy) is 3. The van der Waals surface area contributed by atoms with Crippen LogP contribution in [0, 0.1) is 0 Å². The van der Waals surface area contributed by atoms with Gasteiger partial charge in [-0.1, -0.05) is 18.7 Å². The van der Waals surface area contributed by atoms with E-state index in [4.69, 9.17) is 9.47 Å². The Morgan fingerprint density at radius 3 is 2.72 bits per heavy atom. The molecule has 0 saturated carbocycles. The number of hydrogen-bond acceptors (Lipinski definition) is 4. The van der Waals surface area contributed by atoms with E-state index in [-0.39, 0.29) is 0 Å². The first kappa shape index (κ1) is 13.8. The molecule has 96 valence electrons. The second kappa shape index (κ2) is 7.17. The molecule has 1 rings (SSSR count). The SMILES string of the molecule is C=CCOc1ccc(C=CC(=O)OC)cc1OC. The number of benzene rings is 1. The zero-order valence-electron chi connectivity index (χ0n) is 10.5. The van der Waals surface area contributed by atoms with Crippen molar-refractivity contribution in [2.75, 3.05) is 20.8 Å². The normalized spacial score (nSPS) is 10.1. The Morgan fingerprint density at radius 2 is 2.11 bits per heavy atom. The number of rotatable bonds is 6. The van der Waals surface area contributed by atoms with Crippen LogP contribution in [-0.4, -0.2) is 26.8 Å². The highest BCUT2D eigenvalue weighted by Gasteiger charge is 2.04. The first-order chi connectivity index (χ1) is 8.71. The summed E-state index contributed by atoms with van der Waals surface area (Å²) in [4.78, 5) is 11.0. The van der Waals surface area contributed by atoms with Crippen LogP contribution in [0.1, 0.15) is 5.56 Å². The molecule has 0 fully saturated rings. The van der Waals surface area contributed by atoms with Gasteiger partial charge in [0, 0.05) is 6.08 Å². The van der Waals surface area contributed by atoms with Crippen molar-refractivity contribution in [3.63, 3.8) is 0 Å². The second-order valence-corrected chi connectivity index (χ2v) is 3.37. The molecule has 0 aliphatic carbocycles. The van der Waals surface area contributed by atoms with Crippen molar-refractivity contribution >= 4 is 12.0 Å². The molecule has 1 aromatic carbocycles. The molecular weight excluding hydrogens is 232 g/mol. The van der Waals surface area contributed by atoms with E-state index in [1.807, 2.05) is 6.07 Å². The first-order valence-electron chi connectivity index (χ1n) is 5.39. The molecule has 0 N–H and O–H groups in total. The van der Waals surface area contributed by atoms with Gasteiger partial charge in [-0.3, -0.25) is 0 Å². The lowest BCUT2D eigenvalue weighted by Gasteiger charge is -2.09. The highest BCUT2D eigenvalue weighted by Crippen LogP contribution is 2.28. The van der Waals surface area contributed by atoms with Crippen LogP contribution in [0.4, 0.5) is 0 Å². The highest BCUT2D eigenvalue weighted by atomic mass is 16.5. The summed E-state index contributed by atoms with van der Waals surface area (Å²) in [5.41, 5.74) is 0.822. The summed E-state index contributed by atoms with van der Waals surface area (Å²) in [6.45, 7) is 3.99. The molecule has 0 aliphatic rings. The summed E-state index contributed by atoms with van der Waals surface area (Å²) in [7, 11) is 2.89. The van der Waals surface area contributed by atoms with Gasteiger partial charge in [0.2, 0.25) is 0 Å². The lowest BCUT2D eigenvalue weighted by molar-refractivity contribution is -0.134. The molecule has 0 aromatic heterocycles. The largest absolute Gasteiger partial charge is 0.493 e.